The average Bonchev–Trinajstić information content (AvgIpc) is 3.64. The van der Waals surface area contributed by atoms with Crippen LogP contribution in [0, 0.1) is 12.7 Å². The van der Waals surface area contributed by atoms with Crippen LogP contribution in [0.1, 0.15) is 42.4 Å². The van der Waals surface area contributed by atoms with Crippen LogP contribution < -0.4 is 5.32 Å². The highest BCUT2D eigenvalue weighted by Crippen LogP contribution is 2.31. The highest BCUT2D eigenvalue weighted by Gasteiger charge is 2.23. The number of rotatable bonds is 8. The number of imidazole rings is 1. The molecule has 46 heavy (non-hydrogen) atoms. The lowest BCUT2D eigenvalue weighted by atomic mass is 9.99. The molecule has 0 saturated carbocycles. The standard InChI is InChI=1S/C36H34FN5O4/c1-22-16-23(11-13-29(22)37)33-28(9-7-15-38-33)24-12-14-32-40-19-31(42(32)20-24)34(43)45-21-26(41-35(44)46-36(2,3)4)17-25-18-39-30-10-6-5-8-27(25)30/h5-16,18-20,26,39H,17,21H2,1-4H3,(H,41,44). The maximum Gasteiger partial charge on any atom is 0.408 e. The zero-order chi connectivity index (χ0) is 32.4. The normalized spacial score (nSPS) is 12.3. The fourth-order valence-corrected chi connectivity index (χ4v) is 5.39. The molecule has 4 aromatic heterocycles. The number of pyridine rings is 2. The summed E-state index contributed by atoms with van der Waals surface area (Å²) in [5.74, 6) is -0.880. The van der Waals surface area contributed by atoms with Gasteiger partial charge in [-0.25, -0.2) is 19.0 Å². The Morgan fingerprint density at radius 1 is 1.02 bits per heavy atom. The molecule has 0 radical (unpaired) electrons. The number of carbonyl (C=O) groups is 2. The van der Waals surface area contributed by atoms with Gasteiger partial charge in [-0.1, -0.05) is 24.3 Å². The topological polar surface area (TPSA) is 111 Å². The third-order valence-electron chi connectivity index (χ3n) is 7.54. The summed E-state index contributed by atoms with van der Waals surface area (Å²) in [5.41, 5.74) is 5.61. The van der Waals surface area contributed by atoms with E-state index in [1.54, 1.807) is 56.6 Å². The smallest absolute Gasteiger partial charge is 0.408 e. The number of carbonyl (C=O) groups excluding carboxylic acids is 2. The Bertz CT molecular complexity index is 2060. The Labute approximate surface area is 265 Å². The minimum atomic E-state index is -0.690. The number of aromatic amines is 1. The number of nitrogens with one attached hydrogen (secondary N) is 2. The van der Waals surface area contributed by atoms with E-state index < -0.39 is 23.7 Å². The van der Waals surface area contributed by atoms with E-state index in [-0.39, 0.29) is 18.1 Å². The van der Waals surface area contributed by atoms with Gasteiger partial charge in [0, 0.05) is 46.2 Å². The Morgan fingerprint density at radius 2 is 1.83 bits per heavy atom. The summed E-state index contributed by atoms with van der Waals surface area (Å²) in [6.07, 6.45) is 6.65. The molecule has 6 rings (SSSR count). The second kappa shape index (κ2) is 12.5. The number of benzene rings is 2. The number of hydrogen-bond donors (Lipinski definition) is 2. The Hall–Kier alpha value is -5.51. The lowest BCUT2D eigenvalue weighted by Crippen LogP contribution is -2.43. The van der Waals surface area contributed by atoms with Gasteiger partial charge in [0.05, 0.1) is 17.9 Å². The molecule has 10 heteroatoms. The van der Waals surface area contributed by atoms with Crippen molar-refractivity contribution in [2.75, 3.05) is 6.61 Å². The van der Waals surface area contributed by atoms with Gasteiger partial charge < -0.3 is 19.8 Å². The summed E-state index contributed by atoms with van der Waals surface area (Å²) in [5, 5.41) is 3.89. The van der Waals surface area contributed by atoms with Crippen LogP contribution in [-0.4, -0.2) is 49.7 Å². The molecule has 0 aliphatic heterocycles. The van der Waals surface area contributed by atoms with Gasteiger partial charge in [-0.3, -0.25) is 9.38 Å². The van der Waals surface area contributed by atoms with Gasteiger partial charge in [0.25, 0.3) is 0 Å². The number of ether oxygens (including phenoxy) is 2. The first-order valence-electron chi connectivity index (χ1n) is 15.0. The number of para-hydroxylation sites is 1. The van der Waals surface area contributed by atoms with Gasteiger partial charge in [-0.2, -0.15) is 0 Å². The summed E-state index contributed by atoms with van der Waals surface area (Å²) in [6, 6.07) is 19.7. The van der Waals surface area contributed by atoms with Crippen LogP contribution in [-0.2, 0) is 15.9 Å². The molecule has 0 aliphatic carbocycles. The number of hydrogen-bond acceptors (Lipinski definition) is 6. The monoisotopic (exact) mass is 619 g/mol. The first-order valence-corrected chi connectivity index (χ1v) is 15.0. The van der Waals surface area contributed by atoms with Gasteiger partial charge in [0.15, 0.2) is 5.69 Å². The molecular weight excluding hydrogens is 585 g/mol. The van der Waals surface area contributed by atoms with Crippen molar-refractivity contribution in [3.63, 3.8) is 0 Å². The van der Waals surface area contributed by atoms with Gasteiger partial charge in [-0.05, 0) is 87.7 Å². The number of nitrogens with zero attached hydrogens (tertiary/aromatic N) is 3. The number of H-pyrrole nitrogens is 1. The number of amides is 1. The highest BCUT2D eigenvalue weighted by molar-refractivity contribution is 5.89. The molecular formula is C36H34FN5O4. The van der Waals surface area contributed by atoms with Crippen molar-refractivity contribution < 1.29 is 23.5 Å². The lowest BCUT2D eigenvalue weighted by molar-refractivity contribution is 0.0365. The van der Waals surface area contributed by atoms with E-state index in [9.17, 15) is 14.0 Å². The van der Waals surface area contributed by atoms with E-state index in [1.165, 1.54) is 12.3 Å². The molecule has 0 fully saturated rings. The summed E-state index contributed by atoms with van der Waals surface area (Å²) >= 11 is 0. The quantitative estimate of drug-likeness (QED) is 0.173. The molecule has 1 unspecified atom stereocenters. The number of aromatic nitrogens is 4. The lowest BCUT2D eigenvalue weighted by Gasteiger charge is -2.23. The van der Waals surface area contributed by atoms with Crippen molar-refractivity contribution in [1.82, 2.24) is 24.7 Å². The molecule has 234 valence electrons. The average molecular weight is 620 g/mol. The van der Waals surface area contributed by atoms with Crippen LogP contribution in [0.5, 0.6) is 0 Å². The van der Waals surface area contributed by atoms with Crippen molar-refractivity contribution in [2.24, 2.45) is 0 Å². The van der Waals surface area contributed by atoms with Crippen LogP contribution in [0.4, 0.5) is 9.18 Å². The summed E-state index contributed by atoms with van der Waals surface area (Å²) in [4.78, 5) is 38.4. The molecule has 0 bridgehead atoms. The van der Waals surface area contributed by atoms with Crippen molar-refractivity contribution in [3.8, 4) is 22.4 Å². The molecule has 2 aromatic carbocycles. The predicted octanol–water partition coefficient (Wildman–Crippen LogP) is 7.28. The van der Waals surface area contributed by atoms with E-state index in [0.29, 0.717) is 23.3 Å². The molecule has 0 aliphatic rings. The molecule has 9 nitrogen and oxygen atoms in total. The molecule has 1 amide bonds. The molecule has 1 atom stereocenters. The van der Waals surface area contributed by atoms with E-state index >= 15 is 0 Å². The number of fused-ring (bicyclic) bond motifs is 2. The van der Waals surface area contributed by atoms with Crippen molar-refractivity contribution in [1.29, 1.82) is 0 Å². The van der Waals surface area contributed by atoms with E-state index in [0.717, 1.165) is 33.2 Å². The van der Waals surface area contributed by atoms with Gasteiger partial charge in [0.1, 0.15) is 23.7 Å². The second-order valence-electron chi connectivity index (χ2n) is 12.2. The van der Waals surface area contributed by atoms with Gasteiger partial charge >= 0.3 is 12.1 Å². The first-order chi connectivity index (χ1) is 22.1. The summed E-state index contributed by atoms with van der Waals surface area (Å²) < 4.78 is 26.9. The van der Waals surface area contributed by atoms with Gasteiger partial charge in [-0.15, -0.1) is 0 Å². The van der Waals surface area contributed by atoms with Crippen LogP contribution in [0.15, 0.2) is 91.5 Å². The number of esters is 1. The van der Waals surface area contributed by atoms with Crippen LogP contribution >= 0.6 is 0 Å². The molecule has 2 N–H and O–H groups in total. The maximum absolute atomic E-state index is 14.0. The molecule has 0 spiro atoms. The van der Waals surface area contributed by atoms with E-state index in [2.05, 4.69) is 20.3 Å². The maximum atomic E-state index is 14.0. The number of alkyl carbamates (subject to hydrolysis) is 1. The fourth-order valence-electron chi connectivity index (χ4n) is 5.39. The Morgan fingerprint density at radius 3 is 2.63 bits per heavy atom. The number of halogens is 1. The largest absolute Gasteiger partial charge is 0.459 e. The minimum Gasteiger partial charge on any atom is -0.459 e. The van der Waals surface area contributed by atoms with Crippen molar-refractivity contribution in [2.45, 2.75) is 45.8 Å². The summed E-state index contributed by atoms with van der Waals surface area (Å²) in [6.45, 7) is 6.98. The molecule has 4 heterocycles. The van der Waals surface area contributed by atoms with Crippen LogP contribution in [0.25, 0.3) is 38.9 Å². The van der Waals surface area contributed by atoms with Crippen LogP contribution in [0.2, 0.25) is 0 Å². The van der Waals surface area contributed by atoms with Crippen molar-refractivity contribution in [3.05, 3.63) is 114 Å². The van der Waals surface area contributed by atoms with Crippen LogP contribution in [0.3, 0.4) is 0 Å². The zero-order valence-electron chi connectivity index (χ0n) is 26.0. The SMILES string of the molecule is Cc1cc(-c2ncccc2-c2ccc3ncc(C(=O)OCC(Cc4c[nH]c5ccccc45)NC(=O)OC(C)(C)C)n3c2)ccc1F. The predicted molar refractivity (Wildman–Crippen MR) is 174 cm³/mol. The molecule has 6 aromatic rings. The Balaban J connectivity index is 1.25. The van der Waals surface area contributed by atoms with E-state index in [1.807, 2.05) is 54.7 Å². The van der Waals surface area contributed by atoms with E-state index in [4.69, 9.17) is 9.47 Å². The minimum absolute atomic E-state index is 0.0961. The molecule has 0 saturated heterocycles. The van der Waals surface area contributed by atoms with Crippen molar-refractivity contribution >= 4 is 28.6 Å². The third-order valence-corrected chi connectivity index (χ3v) is 7.54. The van der Waals surface area contributed by atoms with Gasteiger partial charge in [0.2, 0.25) is 0 Å². The third kappa shape index (κ3) is 6.61. The zero-order valence-corrected chi connectivity index (χ0v) is 26.0. The Kier molecular flexibility index (Phi) is 8.27. The first kappa shape index (κ1) is 30.5. The second-order valence-corrected chi connectivity index (χ2v) is 12.2. The fraction of sp³-hybridized carbons (Fsp3) is 0.222. The number of aryl methyl sites for hydroxylation is 1. The summed E-state index contributed by atoms with van der Waals surface area (Å²) in [7, 11) is 0. The highest BCUT2D eigenvalue weighted by atomic mass is 19.1.